The third-order valence-electron chi connectivity index (χ3n) is 3.53. The van der Waals surface area contributed by atoms with Crippen LogP contribution in [0.25, 0.3) is 11.0 Å². The van der Waals surface area contributed by atoms with Crippen LogP contribution >= 0.6 is 0 Å². The summed E-state index contributed by atoms with van der Waals surface area (Å²) in [4.78, 5) is 32.0. The summed E-state index contributed by atoms with van der Waals surface area (Å²) in [5.74, 6) is -0.0806. The number of H-pyrrole nitrogens is 1. The van der Waals surface area contributed by atoms with Gasteiger partial charge in [0.15, 0.2) is 0 Å². The molecule has 3 rings (SSSR count). The van der Waals surface area contributed by atoms with Crippen molar-refractivity contribution in [1.82, 2.24) is 15.3 Å². The summed E-state index contributed by atoms with van der Waals surface area (Å²) in [6, 6.07) is 12.9. The molecule has 1 amide bonds. The summed E-state index contributed by atoms with van der Waals surface area (Å²) in [6.07, 6.45) is 1.41. The van der Waals surface area contributed by atoms with Crippen LogP contribution in [0.3, 0.4) is 0 Å². The molecule has 0 unspecified atom stereocenters. The number of pyridine rings is 2. The number of aromatic nitrogens is 2. The molecule has 124 valence electrons. The van der Waals surface area contributed by atoms with E-state index in [1.807, 2.05) is 37.3 Å². The van der Waals surface area contributed by atoms with Crippen molar-refractivity contribution in [2.24, 2.45) is 0 Å². The van der Waals surface area contributed by atoms with Crippen molar-refractivity contribution in [3.8, 4) is 5.88 Å². The molecule has 0 fully saturated rings. The van der Waals surface area contributed by atoms with Crippen LogP contribution in [0.5, 0.6) is 5.88 Å². The van der Waals surface area contributed by atoms with Crippen LogP contribution in [0.1, 0.15) is 22.8 Å². The van der Waals surface area contributed by atoms with E-state index in [1.165, 1.54) is 6.20 Å². The molecule has 1 aromatic carbocycles. The van der Waals surface area contributed by atoms with Gasteiger partial charge in [-0.3, -0.25) is 9.59 Å². The number of rotatable bonds is 5. The molecule has 2 N–H and O–H groups in total. The van der Waals surface area contributed by atoms with Crippen LogP contribution in [-0.2, 0) is 6.54 Å². The number of amides is 1. The maximum absolute atomic E-state index is 12.5. The monoisotopic (exact) mass is 363 g/mol. The molecule has 3 aromatic rings. The van der Waals surface area contributed by atoms with E-state index in [9.17, 15) is 9.59 Å². The van der Waals surface area contributed by atoms with E-state index in [-0.39, 0.29) is 62.5 Å². The van der Waals surface area contributed by atoms with Crippen LogP contribution < -0.4 is 15.5 Å². The molecule has 0 aliphatic rings. The summed E-state index contributed by atoms with van der Waals surface area (Å²) in [5.41, 5.74) is 1.31. The Bertz CT molecular complexity index is 926. The number of hydrogen-bond acceptors (Lipinski definition) is 4. The van der Waals surface area contributed by atoms with E-state index in [1.54, 1.807) is 12.1 Å². The van der Waals surface area contributed by atoms with Crippen molar-refractivity contribution >= 4 is 68.3 Å². The quantitative estimate of drug-likeness (QED) is 0.675. The standard InChI is InChI=1S/C18H17N3O3.K.H/c1-2-24-15-9-8-14-16(21-15)17(22)13(11-19-14)18(23)20-10-12-6-4-3-5-7-12;;/h3-9,11H,2,10H2,1H3,(H,19,22)(H,20,23);;. The van der Waals surface area contributed by atoms with E-state index in [0.717, 1.165) is 5.56 Å². The fourth-order valence-corrected chi connectivity index (χ4v) is 2.34. The number of aromatic amines is 1. The van der Waals surface area contributed by atoms with Crippen LogP contribution in [0, 0.1) is 0 Å². The molecule has 0 radical (unpaired) electrons. The van der Waals surface area contributed by atoms with Crippen molar-refractivity contribution in [2.75, 3.05) is 6.61 Å². The van der Waals surface area contributed by atoms with E-state index < -0.39 is 11.3 Å². The van der Waals surface area contributed by atoms with Gasteiger partial charge >= 0.3 is 51.4 Å². The Labute approximate surface area is 187 Å². The number of ether oxygens (including phenoxy) is 1. The van der Waals surface area contributed by atoms with Crippen LogP contribution in [-0.4, -0.2) is 73.9 Å². The number of nitrogens with one attached hydrogen (secondary N) is 2. The normalized spacial score (nSPS) is 10.1. The van der Waals surface area contributed by atoms with Crippen molar-refractivity contribution < 1.29 is 9.53 Å². The number of benzene rings is 1. The van der Waals surface area contributed by atoms with E-state index >= 15 is 0 Å². The zero-order valence-electron chi connectivity index (χ0n) is 13.2. The Balaban J connectivity index is 0.00000225. The first-order valence-corrected chi connectivity index (χ1v) is 7.66. The predicted octanol–water partition coefficient (Wildman–Crippen LogP) is 1.60. The van der Waals surface area contributed by atoms with E-state index in [2.05, 4.69) is 15.3 Å². The Morgan fingerprint density at radius 3 is 2.68 bits per heavy atom. The van der Waals surface area contributed by atoms with E-state index in [4.69, 9.17) is 4.74 Å². The zero-order chi connectivity index (χ0) is 16.9. The van der Waals surface area contributed by atoms with Crippen LogP contribution in [0.15, 0.2) is 53.5 Å². The molecule has 7 heteroatoms. The van der Waals surface area contributed by atoms with Gasteiger partial charge in [0.2, 0.25) is 11.3 Å². The number of fused-ring (bicyclic) bond motifs is 1. The summed E-state index contributed by atoms with van der Waals surface area (Å²) >= 11 is 0. The molecule has 0 saturated heterocycles. The first-order chi connectivity index (χ1) is 11.7. The van der Waals surface area contributed by atoms with Gasteiger partial charge in [-0.05, 0) is 18.6 Å². The SMILES string of the molecule is CCOc1ccc2[nH]cc(C(=O)NCc3ccccc3)c(=O)c2n1.[KH]. The Morgan fingerprint density at radius 1 is 1.20 bits per heavy atom. The molecule has 2 aromatic heterocycles. The van der Waals surface area contributed by atoms with Gasteiger partial charge in [0.1, 0.15) is 11.1 Å². The fraction of sp³-hybridized carbons (Fsp3) is 0.167. The Kier molecular flexibility index (Phi) is 7.33. The fourth-order valence-electron chi connectivity index (χ4n) is 2.34. The molecule has 0 spiro atoms. The van der Waals surface area contributed by atoms with Gasteiger partial charge in [-0.25, -0.2) is 4.98 Å². The van der Waals surface area contributed by atoms with Gasteiger partial charge in [-0.2, -0.15) is 0 Å². The van der Waals surface area contributed by atoms with Crippen LogP contribution in [0.2, 0.25) is 0 Å². The third kappa shape index (κ3) is 4.77. The van der Waals surface area contributed by atoms with Gasteiger partial charge in [-0.1, -0.05) is 30.3 Å². The second-order valence-corrected chi connectivity index (χ2v) is 5.18. The summed E-state index contributed by atoms with van der Waals surface area (Å²) < 4.78 is 5.31. The van der Waals surface area contributed by atoms with Crippen LogP contribution in [0.4, 0.5) is 0 Å². The molecule has 25 heavy (non-hydrogen) atoms. The second kappa shape index (κ2) is 9.26. The van der Waals surface area contributed by atoms with Crippen molar-refractivity contribution in [3.05, 3.63) is 70.0 Å². The minimum absolute atomic E-state index is 0. The van der Waals surface area contributed by atoms with Gasteiger partial charge in [0.05, 0.1) is 12.1 Å². The molecular weight excluding hydrogens is 345 g/mol. The molecule has 2 heterocycles. The number of carbonyl (C=O) groups excluding carboxylic acids is 1. The number of hydrogen-bond donors (Lipinski definition) is 2. The maximum atomic E-state index is 12.5. The predicted molar refractivity (Wildman–Crippen MR) is 98.3 cm³/mol. The van der Waals surface area contributed by atoms with Crippen molar-refractivity contribution in [2.45, 2.75) is 13.5 Å². The van der Waals surface area contributed by atoms with Gasteiger partial charge in [0, 0.05) is 18.8 Å². The van der Waals surface area contributed by atoms with Gasteiger partial charge in [0.25, 0.3) is 5.91 Å². The molecule has 0 atom stereocenters. The second-order valence-electron chi connectivity index (χ2n) is 5.18. The van der Waals surface area contributed by atoms with Gasteiger partial charge < -0.3 is 15.0 Å². The first kappa shape index (κ1) is 19.8. The first-order valence-electron chi connectivity index (χ1n) is 7.66. The molecule has 0 aliphatic carbocycles. The molecule has 6 nitrogen and oxygen atoms in total. The van der Waals surface area contributed by atoms with Crippen molar-refractivity contribution in [1.29, 1.82) is 0 Å². The zero-order valence-corrected chi connectivity index (χ0v) is 13.2. The minimum atomic E-state index is -0.439. The topological polar surface area (TPSA) is 84.1 Å². The number of carbonyl (C=O) groups is 1. The molecular formula is C18H18KN3O3. The molecule has 0 saturated carbocycles. The third-order valence-corrected chi connectivity index (χ3v) is 3.53. The number of nitrogens with zero attached hydrogens (tertiary/aromatic N) is 1. The average molecular weight is 363 g/mol. The summed E-state index contributed by atoms with van der Waals surface area (Å²) in [5, 5.41) is 2.74. The van der Waals surface area contributed by atoms with E-state index in [0.29, 0.717) is 24.5 Å². The summed E-state index contributed by atoms with van der Waals surface area (Å²) in [6.45, 7) is 2.64. The van der Waals surface area contributed by atoms with Crippen molar-refractivity contribution in [3.63, 3.8) is 0 Å². The molecule has 0 bridgehead atoms. The summed E-state index contributed by atoms with van der Waals surface area (Å²) in [7, 11) is 0. The average Bonchev–Trinajstić information content (AvgIpc) is 2.61. The van der Waals surface area contributed by atoms with Gasteiger partial charge in [-0.15, -0.1) is 0 Å². The Hall–Kier alpha value is -1.51. The Morgan fingerprint density at radius 2 is 1.96 bits per heavy atom. The molecule has 0 aliphatic heterocycles.